The number of anilines is 1. The first-order valence-corrected chi connectivity index (χ1v) is 5.22. The Kier molecular flexibility index (Phi) is 2.15. The summed E-state index contributed by atoms with van der Waals surface area (Å²) in [7, 11) is 0. The maximum absolute atomic E-state index is 11.3. The summed E-state index contributed by atoms with van der Waals surface area (Å²) in [6, 6.07) is 5.57. The van der Waals surface area contributed by atoms with Crippen molar-refractivity contribution in [1.82, 2.24) is 10.1 Å². The maximum Gasteiger partial charge on any atom is 0.240 e. The molecule has 6 heteroatoms. The van der Waals surface area contributed by atoms with Crippen molar-refractivity contribution < 1.29 is 9.32 Å². The van der Waals surface area contributed by atoms with E-state index in [4.69, 9.17) is 10.3 Å². The molecule has 2 heterocycles. The molecule has 3 N–H and O–H groups in total. The van der Waals surface area contributed by atoms with Crippen molar-refractivity contribution in [3.63, 3.8) is 0 Å². The minimum atomic E-state index is -0.0185. The van der Waals surface area contributed by atoms with E-state index < -0.39 is 0 Å². The Balaban J connectivity index is 2.10. The molecule has 17 heavy (non-hydrogen) atoms. The quantitative estimate of drug-likeness (QED) is 0.791. The molecule has 1 aromatic carbocycles. The molecule has 86 valence electrons. The predicted octanol–water partition coefficient (Wildman–Crippen LogP) is 0.690. The highest BCUT2D eigenvalue weighted by Crippen LogP contribution is 2.31. The van der Waals surface area contributed by atoms with Crippen LogP contribution in [0.15, 0.2) is 22.7 Å². The summed E-state index contributed by atoms with van der Waals surface area (Å²) in [5.41, 5.74) is 7.94. The number of amides is 1. The SMILES string of the molecule is NCc1nc(-c2cccc3c2CC(=O)N3)no1. The van der Waals surface area contributed by atoms with Crippen LogP contribution in [0.25, 0.3) is 11.4 Å². The lowest BCUT2D eigenvalue weighted by atomic mass is 10.0. The van der Waals surface area contributed by atoms with E-state index in [1.54, 1.807) is 0 Å². The zero-order valence-electron chi connectivity index (χ0n) is 8.93. The third-order valence-corrected chi connectivity index (χ3v) is 2.67. The molecule has 1 aromatic heterocycles. The molecule has 0 radical (unpaired) electrons. The molecule has 1 amide bonds. The Morgan fingerprint density at radius 1 is 1.47 bits per heavy atom. The molecule has 1 aliphatic heterocycles. The van der Waals surface area contributed by atoms with Crippen LogP contribution in [0.2, 0.25) is 0 Å². The van der Waals surface area contributed by atoms with Crippen LogP contribution in [-0.2, 0) is 17.8 Å². The van der Waals surface area contributed by atoms with E-state index in [1.165, 1.54) is 0 Å². The Bertz CT molecular complexity index is 591. The lowest BCUT2D eigenvalue weighted by molar-refractivity contribution is -0.115. The highest BCUT2D eigenvalue weighted by atomic mass is 16.5. The number of nitrogens with zero attached hydrogens (tertiary/aromatic N) is 2. The average Bonchev–Trinajstić information content (AvgIpc) is 2.92. The third kappa shape index (κ3) is 1.58. The number of nitrogens with one attached hydrogen (secondary N) is 1. The van der Waals surface area contributed by atoms with E-state index in [2.05, 4.69) is 15.5 Å². The first-order chi connectivity index (χ1) is 8.28. The lowest BCUT2D eigenvalue weighted by Crippen LogP contribution is -2.03. The molecule has 0 atom stereocenters. The van der Waals surface area contributed by atoms with Crippen molar-refractivity contribution in [2.75, 3.05) is 5.32 Å². The van der Waals surface area contributed by atoms with Gasteiger partial charge in [-0.2, -0.15) is 4.98 Å². The van der Waals surface area contributed by atoms with E-state index in [9.17, 15) is 4.79 Å². The van der Waals surface area contributed by atoms with Gasteiger partial charge < -0.3 is 15.6 Å². The van der Waals surface area contributed by atoms with Gasteiger partial charge >= 0.3 is 0 Å². The van der Waals surface area contributed by atoms with E-state index in [1.807, 2.05) is 18.2 Å². The first kappa shape index (κ1) is 9.98. The predicted molar refractivity (Wildman–Crippen MR) is 60.0 cm³/mol. The van der Waals surface area contributed by atoms with Crippen molar-refractivity contribution >= 4 is 11.6 Å². The average molecular weight is 230 g/mol. The number of fused-ring (bicyclic) bond motifs is 1. The summed E-state index contributed by atoms with van der Waals surface area (Å²) in [5.74, 6) is 0.837. The van der Waals surface area contributed by atoms with Gasteiger partial charge in [0.1, 0.15) is 0 Å². The van der Waals surface area contributed by atoms with Gasteiger partial charge in [-0.15, -0.1) is 0 Å². The molecule has 2 aromatic rings. The van der Waals surface area contributed by atoms with Crippen molar-refractivity contribution in [2.45, 2.75) is 13.0 Å². The molecule has 0 aliphatic carbocycles. The van der Waals surface area contributed by atoms with Crippen molar-refractivity contribution in [2.24, 2.45) is 5.73 Å². The van der Waals surface area contributed by atoms with E-state index in [0.717, 1.165) is 16.8 Å². The van der Waals surface area contributed by atoms with Crippen LogP contribution < -0.4 is 11.1 Å². The molecule has 1 aliphatic rings. The Hall–Kier alpha value is -2.21. The van der Waals surface area contributed by atoms with E-state index in [-0.39, 0.29) is 12.5 Å². The third-order valence-electron chi connectivity index (χ3n) is 2.67. The van der Waals surface area contributed by atoms with Crippen LogP contribution in [0.4, 0.5) is 5.69 Å². The van der Waals surface area contributed by atoms with Crippen LogP contribution >= 0.6 is 0 Å². The summed E-state index contributed by atoms with van der Waals surface area (Å²) < 4.78 is 4.96. The van der Waals surface area contributed by atoms with Gasteiger partial charge in [-0.1, -0.05) is 17.3 Å². The standard InChI is InChI=1S/C11H10N4O2/c12-5-10-14-11(15-17-10)6-2-1-3-8-7(6)4-9(16)13-8/h1-3H,4-5,12H2,(H,13,16). The summed E-state index contributed by atoms with van der Waals surface area (Å²) in [4.78, 5) is 15.5. The molecule has 0 spiro atoms. The molecular weight excluding hydrogens is 220 g/mol. The van der Waals surface area contributed by atoms with Crippen LogP contribution in [-0.4, -0.2) is 16.0 Å². The van der Waals surface area contributed by atoms with E-state index >= 15 is 0 Å². The van der Waals surface area contributed by atoms with Crippen molar-refractivity contribution in [1.29, 1.82) is 0 Å². The summed E-state index contributed by atoms with van der Waals surface area (Å²) in [6.07, 6.45) is 0.345. The molecule has 0 saturated heterocycles. The fourth-order valence-corrected chi connectivity index (χ4v) is 1.91. The van der Waals surface area contributed by atoms with Gasteiger partial charge in [-0.25, -0.2) is 0 Å². The monoisotopic (exact) mass is 230 g/mol. The van der Waals surface area contributed by atoms with Crippen LogP contribution in [0.1, 0.15) is 11.5 Å². The largest absolute Gasteiger partial charge is 0.338 e. The zero-order valence-corrected chi connectivity index (χ0v) is 8.93. The molecule has 0 fully saturated rings. The number of benzene rings is 1. The number of rotatable bonds is 2. The fraction of sp³-hybridized carbons (Fsp3) is 0.182. The van der Waals surface area contributed by atoms with Crippen LogP contribution in [0.5, 0.6) is 0 Å². The number of hydrogen-bond acceptors (Lipinski definition) is 5. The molecule has 0 saturated carbocycles. The molecule has 0 bridgehead atoms. The maximum atomic E-state index is 11.3. The zero-order chi connectivity index (χ0) is 11.8. The number of carbonyl (C=O) groups is 1. The number of aromatic nitrogens is 2. The van der Waals surface area contributed by atoms with Crippen LogP contribution in [0, 0.1) is 0 Å². The van der Waals surface area contributed by atoms with Gasteiger partial charge in [0, 0.05) is 11.3 Å². The summed E-state index contributed by atoms with van der Waals surface area (Å²) in [6.45, 7) is 0.208. The topological polar surface area (TPSA) is 94.0 Å². The minimum absolute atomic E-state index is 0.0185. The van der Waals surface area contributed by atoms with Gasteiger partial charge in [-0.3, -0.25) is 4.79 Å². The molecular formula is C11H10N4O2. The summed E-state index contributed by atoms with van der Waals surface area (Å²) in [5, 5.41) is 6.63. The van der Waals surface area contributed by atoms with Crippen molar-refractivity contribution in [3.05, 3.63) is 29.7 Å². The van der Waals surface area contributed by atoms with Gasteiger partial charge in [0.2, 0.25) is 17.6 Å². The number of carbonyl (C=O) groups excluding carboxylic acids is 1. The Morgan fingerprint density at radius 3 is 3.12 bits per heavy atom. The van der Waals surface area contributed by atoms with Gasteiger partial charge in [0.05, 0.1) is 13.0 Å². The summed E-state index contributed by atoms with van der Waals surface area (Å²) >= 11 is 0. The Labute approximate surface area is 96.8 Å². The second kappa shape index (κ2) is 3.67. The smallest absolute Gasteiger partial charge is 0.240 e. The highest BCUT2D eigenvalue weighted by Gasteiger charge is 2.23. The minimum Gasteiger partial charge on any atom is -0.338 e. The fourth-order valence-electron chi connectivity index (χ4n) is 1.91. The Morgan fingerprint density at radius 2 is 2.35 bits per heavy atom. The second-order valence-electron chi connectivity index (χ2n) is 3.77. The molecule has 3 rings (SSSR count). The first-order valence-electron chi connectivity index (χ1n) is 5.22. The van der Waals surface area contributed by atoms with Gasteiger partial charge in [0.25, 0.3) is 0 Å². The molecule has 0 unspecified atom stereocenters. The normalized spacial score (nSPS) is 13.6. The van der Waals surface area contributed by atoms with Crippen LogP contribution in [0.3, 0.4) is 0 Å². The number of hydrogen-bond donors (Lipinski definition) is 2. The highest BCUT2D eigenvalue weighted by molar-refractivity contribution is 6.01. The number of nitrogens with two attached hydrogens (primary N) is 1. The molecule has 6 nitrogen and oxygen atoms in total. The van der Waals surface area contributed by atoms with Crippen molar-refractivity contribution in [3.8, 4) is 11.4 Å². The van der Waals surface area contributed by atoms with Gasteiger partial charge in [0.15, 0.2) is 0 Å². The second-order valence-corrected chi connectivity index (χ2v) is 3.77. The van der Waals surface area contributed by atoms with E-state index in [0.29, 0.717) is 18.1 Å². The lowest BCUT2D eigenvalue weighted by Gasteiger charge is -2.01. The van der Waals surface area contributed by atoms with Gasteiger partial charge in [-0.05, 0) is 11.6 Å².